The summed E-state index contributed by atoms with van der Waals surface area (Å²) in [6.07, 6.45) is 0.765. The number of methoxy groups -OCH3 is 1. The predicted octanol–water partition coefficient (Wildman–Crippen LogP) is 3.99. The normalized spacial score (nSPS) is 12.2. The summed E-state index contributed by atoms with van der Waals surface area (Å²) in [5, 5.41) is 0. The van der Waals surface area contributed by atoms with Gasteiger partial charge in [0.15, 0.2) is 11.5 Å². The minimum Gasteiger partial charge on any atom is -0.493 e. The molecule has 1 atom stereocenters. The van der Waals surface area contributed by atoms with Crippen LogP contribution in [0.25, 0.3) is 0 Å². The topological polar surface area (TPSA) is 44.5 Å². The number of rotatable bonds is 6. The van der Waals surface area contributed by atoms with E-state index < -0.39 is 0 Å². The second kappa shape index (κ2) is 7.11. The fraction of sp³-hybridized carbons (Fsp3) is 0.333. The number of halogens is 1. The smallest absolute Gasteiger partial charge is 0.164 e. The van der Waals surface area contributed by atoms with Gasteiger partial charge in [-0.3, -0.25) is 0 Å². The second-order valence-electron chi connectivity index (χ2n) is 4.62. The van der Waals surface area contributed by atoms with Crippen LogP contribution in [0.5, 0.6) is 11.5 Å². The zero-order valence-electron chi connectivity index (χ0n) is 11.6. The van der Waals surface area contributed by atoms with E-state index in [0.29, 0.717) is 6.61 Å². The van der Waals surface area contributed by atoms with E-state index in [0.717, 1.165) is 32.1 Å². The summed E-state index contributed by atoms with van der Waals surface area (Å²) in [6, 6.07) is 10.1. The molecule has 1 unspecified atom stereocenters. The van der Waals surface area contributed by atoms with E-state index in [4.69, 9.17) is 15.2 Å². The first-order valence-electron chi connectivity index (χ1n) is 6.38. The van der Waals surface area contributed by atoms with Gasteiger partial charge in [0.1, 0.15) is 6.61 Å². The molecule has 2 rings (SSSR count). The maximum absolute atomic E-state index is 5.97. The lowest BCUT2D eigenvalue weighted by Gasteiger charge is -2.15. The standard InChI is InChI=1S/C15H18BrNO2S/c1-10(17)8-11-4-3-5-13(18-2)15(11)19-9-12-6-7-14(16)20-12/h3-7,10H,8-9,17H2,1-2H3. The lowest BCUT2D eigenvalue weighted by atomic mass is 10.1. The Balaban J connectivity index is 2.19. The van der Waals surface area contributed by atoms with E-state index in [1.807, 2.05) is 31.2 Å². The highest BCUT2D eigenvalue weighted by molar-refractivity contribution is 9.11. The minimum atomic E-state index is 0.0836. The van der Waals surface area contributed by atoms with Gasteiger partial charge in [-0.15, -0.1) is 11.3 Å². The lowest BCUT2D eigenvalue weighted by molar-refractivity contribution is 0.283. The van der Waals surface area contributed by atoms with Crippen LogP contribution in [-0.2, 0) is 13.0 Å². The molecule has 0 bridgehead atoms. The molecule has 0 fully saturated rings. The van der Waals surface area contributed by atoms with Crippen LogP contribution in [0.3, 0.4) is 0 Å². The molecule has 1 aromatic heterocycles. The molecule has 5 heteroatoms. The van der Waals surface area contributed by atoms with Crippen LogP contribution < -0.4 is 15.2 Å². The zero-order valence-corrected chi connectivity index (χ0v) is 14.0. The maximum atomic E-state index is 5.97. The fourth-order valence-corrected chi connectivity index (χ4v) is 3.36. The Morgan fingerprint density at radius 1 is 1.30 bits per heavy atom. The van der Waals surface area contributed by atoms with Crippen molar-refractivity contribution in [3.05, 3.63) is 44.6 Å². The van der Waals surface area contributed by atoms with Crippen LogP contribution in [0.15, 0.2) is 34.1 Å². The third-order valence-electron chi connectivity index (χ3n) is 2.81. The van der Waals surface area contributed by atoms with Crippen LogP contribution in [-0.4, -0.2) is 13.2 Å². The monoisotopic (exact) mass is 355 g/mol. The third kappa shape index (κ3) is 3.98. The van der Waals surface area contributed by atoms with E-state index >= 15 is 0 Å². The van der Waals surface area contributed by atoms with Crippen molar-refractivity contribution in [2.75, 3.05) is 7.11 Å². The van der Waals surface area contributed by atoms with Crippen molar-refractivity contribution in [1.82, 2.24) is 0 Å². The molecule has 0 amide bonds. The maximum Gasteiger partial charge on any atom is 0.164 e. The van der Waals surface area contributed by atoms with Crippen molar-refractivity contribution in [3.63, 3.8) is 0 Å². The molecule has 1 heterocycles. The molecule has 3 nitrogen and oxygen atoms in total. The van der Waals surface area contributed by atoms with E-state index in [-0.39, 0.29) is 6.04 Å². The van der Waals surface area contributed by atoms with Gasteiger partial charge in [-0.05, 0) is 53.0 Å². The van der Waals surface area contributed by atoms with Gasteiger partial charge in [-0.25, -0.2) is 0 Å². The van der Waals surface area contributed by atoms with Crippen molar-refractivity contribution in [2.24, 2.45) is 5.73 Å². The molecular weight excluding hydrogens is 338 g/mol. The molecule has 0 aliphatic heterocycles. The van der Waals surface area contributed by atoms with Crippen molar-refractivity contribution in [3.8, 4) is 11.5 Å². The van der Waals surface area contributed by atoms with Crippen LogP contribution in [0.4, 0.5) is 0 Å². The quantitative estimate of drug-likeness (QED) is 0.851. The van der Waals surface area contributed by atoms with Crippen LogP contribution in [0.1, 0.15) is 17.4 Å². The fourth-order valence-electron chi connectivity index (χ4n) is 1.97. The van der Waals surface area contributed by atoms with Crippen LogP contribution in [0.2, 0.25) is 0 Å². The summed E-state index contributed by atoms with van der Waals surface area (Å²) in [4.78, 5) is 1.16. The summed E-state index contributed by atoms with van der Waals surface area (Å²) < 4.78 is 12.5. The molecule has 108 valence electrons. The number of thiophene rings is 1. The Labute approximate surface area is 131 Å². The SMILES string of the molecule is COc1cccc(CC(C)N)c1OCc1ccc(Br)s1. The van der Waals surface area contributed by atoms with Crippen LogP contribution >= 0.6 is 27.3 Å². The Morgan fingerprint density at radius 2 is 2.10 bits per heavy atom. The van der Waals surface area contributed by atoms with Gasteiger partial charge in [-0.1, -0.05) is 12.1 Å². The predicted molar refractivity (Wildman–Crippen MR) is 86.7 cm³/mol. The van der Waals surface area contributed by atoms with E-state index in [2.05, 4.69) is 22.0 Å². The Morgan fingerprint density at radius 3 is 2.70 bits per heavy atom. The van der Waals surface area contributed by atoms with Crippen LogP contribution in [0, 0.1) is 0 Å². The van der Waals surface area contributed by atoms with Gasteiger partial charge in [0.05, 0.1) is 10.9 Å². The molecule has 0 saturated heterocycles. The molecular formula is C15H18BrNO2S. The first kappa shape index (κ1) is 15.4. The number of hydrogen-bond acceptors (Lipinski definition) is 4. The van der Waals surface area contributed by atoms with Gasteiger partial charge in [0.25, 0.3) is 0 Å². The number of para-hydroxylation sites is 1. The number of ether oxygens (including phenoxy) is 2. The first-order valence-corrected chi connectivity index (χ1v) is 7.99. The highest BCUT2D eigenvalue weighted by Gasteiger charge is 2.12. The molecule has 2 N–H and O–H groups in total. The average molecular weight is 356 g/mol. The second-order valence-corrected chi connectivity index (χ2v) is 7.17. The van der Waals surface area contributed by atoms with Gasteiger partial charge >= 0.3 is 0 Å². The third-order valence-corrected chi connectivity index (χ3v) is 4.41. The minimum absolute atomic E-state index is 0.0836. The van der Waals surface area contributed by atoms with Crippen molar-refractivity contribution < 1.29 is 9.47 Å². The molecule has 1 aromatic carbocycles. The van der Waals surface area contributed by atoms with Crippen molar-refractivity contribution in [2.45, 2.75) is 26.0 Å². The zero-order chi connectivity index (χ0) is 14.5. The number of benzene rings is 1. The Bertz CT molecular complexity index is 569. The largest absolute Gasteiger partial charge is 0.493 e. The summed E-state index contributed by atoms with van der Waals surface area (Å²) in [6.45, 7) is 2.52. The summed E-state index contributed by atoms with van der Waals surface area (Å²) >= 11 is 5.12. The first-order chi connectivity index (χ1) is 9.60. The Hall–Kier alpha value is -1.04. The van der Waals surface area contributed by atoms with Gasteiger partial charge in [-0.2, -0.15) is 0 Å². The molecule has 0 spiro atoms. The van der Waals surface area contributed by atoms with Gasteiger partial charge in [0, 0.05) is 10.9 Å². The molecule has 0 aliphatic rings. The van der Waals surface area contributed by atoms with Crippen molar-refractivity contribution >= 4 is 27.3 Å². The highest BCUT2D eigenvalue weighted by atomic mass is 79.9. The summed E-state index contributed by atoms with van der Waals surface area (Å²) in [5.41, 5.74) is 6.97. The molecule has 0 radical (unpaired) electrons. The summed E-state index contributed by atoms with van der Waals surface area (Å²) in [5.74, 6) is 1.54. The Kier molecular flexibility index (Phi) is 5.46. The highest BCUT2D eigenvalue weighted by Crippen LogP contribution is 2.33. The van der Waals surface area contributed by atoms with Crippen molar-refractivity contribution in [1.29, 1.82) is 0 Å². The molecule has 20 heavy (non-hydrogen) atoms. The number of hydrogen-bond donors (Lipinski definition) is 1. The van der Waals surface area contributed by atoms with E-state index in [1.165, 1.54) is 0 Å². The molecule has 0 aliphatic carbocycles. The van der Waals surface area contributed by atoms with Gasteiger partial charge < -0.3 is 15.2 Å². The van der Waals surface area contributed by atoms with E-state index in [1.54, 1.807) is 18.4 Å². The van der Waals surface area contributed by atoms with E-state index in [9.17, 15) is 0 Å². The molecule has 0 saturated carbocycles. The van der Waals surface area contributed by atoms with Gasteiger partial charge in [0.2, 0.25) is 0 Å². The lowest BCUT2D eigenvalue weighted by Crippen LogP contribution is -2.18. The average Bonchev–Trinajstić information content (AvgIpc) is 2.82. The summed E-state index contributed by atoms with van der Waals surface area (Å²) in [7, 11) is 1.65. The molecule has 2 aromatic rings. The number of nitrogens with two attached hydrogens (primary N) is 1.